The monoisotopic (exact) mass is 386 g/mol. The number of hydrogen-bond donors (Lipinski definition) is 1. The number of aryl methyl sites for hydroxylation is 1. The molecule has 0 atom stereocenters. The van der Waals surface area contributed by atoms with Crippen LogP contribution < -0.4 is 10.9 Å². The number of nitrogens with zero attached hydrogens (tertiary/aromatic N) is 5. The molecule has 29 heavy (non-hydrogen) atoms. The van der Waals surface area contributed by atoms with Crippen molar-refractivity contribution in [2.24, 2.45) is 0 Å². The summed E-state index contributed by atoms with van der Waals surface area (Å²) in [5.41, 5.74) is 2.32. The molecule has 0 saturated carbocycles. The van der Waals surface area contributed by atoms with Crippen LogP contribution in [-0.2, 0) is 17.8 Å². The molecule has 8 nitrogen and oxygen atoms in total. The van der Waals surface area contributed by atoms with Gasteiger partial charge in [0.15, 0.2) is 0 Å². The normalized spacial score (nSPS) is 10.9. The third-order valence-corrected chi connectivity index (χ3v) is 4.65. The van der Waals surface area contributed by atoms with Crippen molar-refractivity contribution in [3.8, 4) is 6.07 Å². The van der Waals surface area contributed by atoms with Crippen LogP contribution in [0.15, 0.2) is 53.3 Å². The maximum atomic E-state index is 13.1. The van der Waals surface area contributed by atoms with Gasteiger partial charge in [0.1, 0.15) is 12.4 Å². The van der Waals surface area contributed by atoms with E-state index < -0.39 is 0 Å². The van der Waals surface area contributed by atoms with Gasteiger partial charge in [-0.3, -0.25) is 18.6 Å². The van der Waals surface area contributed by atoms with Gasteiger partial charge in [-0.25, -0.2) is 0 Å². The molecule has 0 bridgehead atoms. The Balaban J connectivity index is 1.75. The fourth-order valence-corrected chi connectivity index (χ4v) is 3.33. The number of aromatic nitrogens is 4. The predicted octanol–water partition coefficient (Wildman–Crippen LogP) is 2.51. The Hall–Kier alpha value is -3.99. The van der Waals surface area contributed by atoms with Crippen molar-refractivity contribution >= 4 is 28.3 Å². The molecule has 2 heterocycles. The zero-order chi connectivity index (χ0) is 20.4. The van der Waals surface area contributed by atoms with Crippen LogP contribution in [0.25, 0.3) is 16.7 Å². The molecule has 8 heteroatoms. The quantitative estimate of drug-likeness (QED) is 0.567. The van der Waals surface area contributed by atoms with Crippen LogP contribution in [-0.4, -0.2) is 25.1 Å². The lowest BCUT2D eigenvalue weighted by atomic mass is 10.2. The first-order valence-electron chi connectivity index (χ1n) is 9.28. The summed E-state index contributed by atoms with van der Waals surface area (Å²) in [6.45, 7) is 1.88. The first kappa shape index (κ1) is 18.4. The maximum absolute atomic E-state index is 13.1. The Morgan fingerprint density at radius 2 is 1.83 bits per heavy atom. The second-order valence-electron chi connectivity index (χ2n) is 6.64. The van der Waals surface area contributed by atoms with Crippen molar-refractivity contribution in [1.29, 1.82) is 5.26 Å². The molecule has 0 saturated heterocycles. The third-order valence-electron chi connectivity index (χ3n) is 4.65. The van der Waals surface area contributed by atoms with Gasteiger partial charge < -0.3 is 5.32 Å². The summed E-state index contributed by atoms with van der Waals surface area (Å²) in [5, 5.41) is 19.9. The third kappa shape index (κ3) is 3.34. The van der Waals surface area contributed by atoms with Crippen LogP contribution in [0.2, 0.25) is 0 Å². The van der Waals surface area contributed by atoms with Crippen LogP contribution >= 0.6 is 0 Å². The van der Waals surface area contributed by atoms with E-state index in [1.165, 1.54) is 4.57 Å². The fraction of sp³-hybridized carbons (Fsp3) is 0.190. The highest BCUT2D eigenvalue weighted by atomic mass is 16.2. The zero-order valence-electron chi connectivity index (χ0n) is 15.8. The number of fused-ring (bicyclic) bond motifs is 3. The summed E-state index contributed by atoms with van der Waals surface area (Å²) in [6, 6.07) is 16.0. The SMILES string of the molecule is CCCc1nnc2c(=O)n(CC(=O)Nc3ccc(C#N)cc3)c3ccccc3n12. The second-order valence-corrected chi connectivity index (χ2v) is 6.64. The van der Waals surface area contributed by atoms with E-state index in [4.69, 9.17) is 5.26 Å². The summed E-state index contributed by atoms with van der Waals surface area (Å²) in [4.78, 5) is 25.7. The lowest BCUT2D eigenvalue weighted by molar-refractivity contribution is -0.116. The Kier molecular flexibility index (Phi) is 4.79. The Bertz CT molecular complexity index is 1310. The number of para-hydroxylation sites is 2. The van der Waals surface area contributed by atoms with Crippen LogP contribution in [0, 0.1) is 11.3 Å². The van der Waals surface area contributed by atoms with Crippen molar-refractivity contribution in [1.82, 2.24) is 19.2 Å². The highest BCUT2D eigenvalue weighted by Crippen LogP contribution is 2.16. The van der Waals surface area contributed by atoms with Gasteiger partial charge in [0.2, 0.25) is 11.6 Å². The molecule has 2 aromatic carbocycles. The molecule has 4 rings (SSSR count). The molecule has 0 fully saturated rings. The van der Waals surface area contributed by atoms with Crippen LogP contribution in [0.4, 0.5) is 5.69 Å². The van der Waals surface area contributed by atoms with Gasteiger partial charge >= 0.3 is 0 Å². The van der Waals surface area contributed by atoms with E-state index in [2.05, 4.69) is 15.5 Å². The number of hydrogen-bond acceptors (Lipinski definition) is 5. The summed E-state index contributed by atoms with van der Waals surface area (Å²) < 4.78 is 3.18. The van der Waals surface area contributed by atoms with Gasteiger partial charge in [0.05, 0.1) is 22.7 Å². The van der Waals surface area contributed by atoms with Crippen molar-refractivity contribution in [2.45, 2.75) is 26.3 Å². The average molecular weight is 386 g/mol. The van der Waals surface area contributed by atoms with E-state index >= 15 is 0 Å². The number of benzene rings is 2. The zero-order valence-corrected chi connectivity index (χ0v) is 15.8. The minimum Gasteiger partial charge on any atom is -0.325 e. The van der Waals surface area contributed by atoms with Crippen LogP contribution in [0.1, 0.15) is 24.7 Å². The first-order chi connectivity index (χ1) is 14.1. The topological polar surface area (TPSA) is 105 Å². The largest absolute Gasteiger partial charge is 0.325 e. The predicted molar refractivity (Wildman–Crippen MR) is 109 cm³/mol. The maximum Gasteiger partial charge on any atom is 0.297 e. The molecule has 1 N–H and O–H groups in total. The highest BCUT2D eigenvalue weighted by molar-refractivity contribution is 5.91. The molecule has 0 aliphatic rings. The smallest absolute Gasteiger partial charge is 0.297 e. The number of carbonyl (C=O) groups is 1. The molecule has 2 aromatic heterocycles. The summed E-state index contributed by atoms with van der Waals surface area (Å²) in [7, 11) is 0. The molecule has 1 amide bonds. The summed E-state index contributed by atoms with van der Waals surface area (Å²) in [6.07, 6.45) is 1.58. The lowest BCUT2D eigenvalue weighted by Gasteiger charge is -2.12. The minimum atomic E-state index is -0.367. The Morgan fingerprint density at radius 1 is 1.10 bits per heavy atom. The Labute approximate surface area is 166 Å². The highest BCUT2D eigenvalue weighted by Gasteiger charge is 2.17. The minimum absolute atomic E-state index is 0.161. The van der Waals surface area contributed by atoms with E-state index in [-0.39, 0.29) is 23.7 Å². The lowest BCUT2D eigenvalue weighted by Crippen LogP contribution is -2.29. The second kappa shape index (κ2) is 7.56. The van der Waals surface area contributed by atoms with Crippen LogP contribution in [0.5, 0.6) is 0 Å². The van der Waals surface area contributed by atoms with Gasteiger partial charge in [0, 0.05) is 12.1 Å². The summed E-state index contributed by atoms with van der Waals surface area (Å²) in [5.74, 6) is 0.379. The number of rotatable bonds is 5. The Morgan fingerprint density at radius 3 is 2.52 bits per heavy atom. The molecule has 0 unspecified atom stereocenters. The van der Waals surface area contributed by atoms with E-state index in [0.717, 1.165) is 17.8 Å². The van der Waals surface area contributed by atoms with Gasteiger partial charge in [-0.1, -0.05) is 19.1 Å². The molecular weight excluding hydrogens is 368 g/mol. The standard InChI is InChI=1S/C21H18N6O2/c1-2-5-18-24-25-20-21(29)26(16-6-3-4-7-17(16)27(18)20)13-19(28)23-15-10-8-14(12-22)9-11-15/h3-4,6-11H,2,5,13H2,1H3,(H,23,28). The van der Waals surface area contributed by atoms with Crippen molar-refractivity contribution in [2.75, 3.05) is 5.32 Å². The molecule has 144 valence electrons. The molecule has 0 radical (unpaired) electrons. The van der Waals surface area contributed by atoms with E-state index in [1.54, 1.807) is 34.7 Å². The fourth-order valence-electron chi connectivity index (χ4n) is 3.33. The van der Waals surface area contributed by atoms with Crippen molar-refractivity contribution in [3.63, 3.8) is 0 Å². The van der Waals surface area contributed by atoms with Gasteiger partial charge in [-0.2, -0.15) is 5.26 Å². The number of nitriles is 1. The van der Waals surface area contributed by atoms with Gasteiger partial charge in [-0.05, 0) is 42.8 Å². The molecular formula is C21H18N6O2. The van der Waals surface area contributed by atoms with E-state index in [0.29, 0.717) is 23.2 Å². The van der Waals surface area contributed by atoms with Crippen molar-refractivity contribution in [3.05, 3.63) is 70.3 Å². The molecule has 0 aliphatic heterocycles. The molecule has 4 aromatic rings. The molecule has 0 aliphatic carbocycles. The molecule has 0 spiro atoms. The number of nitrogens with one attached hydrogen (secondary N) is 1. The number of carbonyl (C=O) groups excluding carboxylic acids is 1. The number of amides is 1. The van der Waals surface area contributed by atoms with E-state index in [9.17, 15) is 9.59 Å². The van der Waals surface area contributed by atoms with Gasteiger partial charge in [0.25, 0.3) is 5.56 Å². The van der Waals surface area contributed by atoms with Crippen molar-refractivity contribution < 1.29 is 4.79 Å². The number of anilines is 1. The van der Waals surface area contributed by atoms with Crippen LogP contribution in [0.3, 0.4) is 0 Å². The summed E-state index contributed by atoms with van der Waals surface area (Å²) >= 11 is 0. The van der Waals surface area contributed by atoms with E-state index in [1.807, 2.05) is 31.2 Å². The average Bonchev–Trinajstić information content (AvgIpc) is 3.16. The first-order valence-corrected chi connectivity index (χ1v) is 9.28. The van der Waals surface area contributed by atoms with Gasteiger partial charge in [-0.15, -0.1) is 10.2 Å².